The van der Waals surface area contributed by atoms with E-state index in [1.807, 2.05) is 0 Å². The molecule has 0 saturated heterocycles. The predicted molar refractivity (Wildman–Crippen MR) is 183 cm³/mol. The van der Waals surface area contributed by atoms with Gasteiger partial charge in [0.2, 0.25) is 0 Å². The SMILES string of the molecule is C[B]c1oc2ccc3ccccc3c2c1/C=C(\C)c1c2ccccc2c(-c2cccc3ccccc23)c2ccccc12. The van der Waals surface area contributed by atoms with Crippen LogP contribution in [-0.2, 0) is 0 Å². The average molecular weight is 535 g/mol. The first-order valence-corrected chi connectivity index (χ1v) is 14.6. The molecule has 42 heavy (non-hydrogen) atoms. The molecule has 8 rings (SSSR count). The predicted octanol–water partition coefficient (Wildman–Crippen LogP) is 10.7. The van der Waals surface area contributed by atoms with Crippen LogP contribution in [0.2, 0.25) is 6.82 Å². The van der Waals surface area contributed by atoms with Gasteiger partial charge in [-0.3, -0.25) is 0 Å². The Labute approximate surface area is 246 Å². The van der Waals surface area contributed by atoms with Crippen molar-refractivity contribution in [1.29, 1.82) is 0 Å². The van der Waals surface area contributed by atoms with Crippen molar-refractivity contribution in [3.63, 3.8) is 0 Å². The minimum Gasteiger partial charge on any atom is -0.471 e. The molecule has 1 aromatic heterocycles. The van der Waals surface area contributed by atoms with Gasteiger partial charge in [-0.1, -0.05) is 128 Å². The Balaban J connectivity index is 1.46. The van der Waals surface area contributed by atoms with Gasteiger partial charge in [0.25, 0.3) is 0 Å². The number of rotatable bonds is 4. The van der Waals surface area contributed by atoms with Gasteiger partial charge >= 0.3 is 0 Å². The van der Waals surface area contributed by atoms with Gasteiger partial charge in [0.15, 0.2) is 7.28 Å². The molecule has 1 radical (unpaired) electrons. The number of furan rings is 1. The van der Waals surface area contributed by atoms with E-state index in [0.29, 0.717) is 0 Å². The Kier molecular flexibility index (Phi) is 5.75. The first-order valence-electron chi connectivity index (χ1n) is 14.6. The lowest BCUT2D eigenvalue weighted by Crippen LogP contribution is -2.10. The standard InChI is InChI=1S/C40H28BO/c1-25(24-35-39-29-16-6-4-13-27(29)22-23-36(39)42-40(35)41-2)37-31-17-7-9-19-33(31)38(34-20-10-8-18-32(34)37)30-21-11-14-26-12-3-5-15-28(26)30/h3-24H,1-2H3/b25-24+. The molecular formula is C40H28BO. The summed E-state index contributed by atoms with van der Waals surface area (Å²) in [6.07, 6.45) is 2.33. The maximum absolute atomic E-state index is 6.39. The fourth-order valence-corrected chi connectivity index (χ4v) is 6.84. The molecular weight excluding hydrogens is 507 g/mol. The zero-order valence-corrected chi connectivity index (χ0v) is 23.7. The summed E-state index contributed by atoms with van der Waals surface area (Å²) in [4.78, 5) is 0. The van der Waals surface area contributed by atoms with E-state index >= 15 is 0 Å². The summed E-state index contributed by atoms with van der Waals surface area (Å²) in [5, 5.41) is 11.2. The molecule has 0 bridgehead atoms. The Morgan fingerprint density at radius 3 is 1.79 bits per heavy atom. The molecule has 0 aliphatic carbocycles. The quantitative estimate of drug-likeness (QED) is 0.161. The summed E-state index contributed by atoms with van der Waals surface area (Å²) >= 11 is 0. The second kappa shape index (κ2) is 9.78. The lowest BCUT2D eigenvalue weighted by molar-refractivity contribution is 0.652. The van der Waals surface area contributed by atoms with Gasteiger partial charge < -0.3 is 4.42 Å². The van der Waals surface area contributed by atoms with Gasteiger partial charge in [-0.2, -0.15) is 0 Å². The summed E-state index contributed by atoms with van der Waals surface area (Å²) in [5.74, 6) is 0. The monoisotopic (exact) mass is 535 g/mol. The minimum absolute atomic E-state index is 0.904. The fourth-order valence-electron chi connectivity index (χ4n) is 6.84. The average Bonchev–Trinajstić information content (AvgIpc) is 3.41. The molecule has 1 nitrogen and oxygen atoms in total. The maximum atomic E-state index is 6.39. The van der Waals surface area contributed by atoms with Crippen LogP contribution in [0, 0.1) is 0 Å². The summed E-state index contributed by atoms with van der Waals surface area (Å²) in [7, 11) is 2.08. The number of hydrogen-bond donors (Lipinski definition) is 0. The van der Waals surface area contributed by atoms with Crippen LogP contribution < -0.4 is 5.66 Å². The van der Waals surface area contributed by atoms with Crippen molar-refractivity contribution in [2.45, 2.75) is 13.7 Å². The van der Waals surface area contributed by atoms with E-state index < -0.39 is 0 Å². The molecule has 0 aliphatic heterocycles. The van der Waals surface area contributed by atoms with Gasteiger partial charge in [-0.25, -0.2) is 0 Å². The Morgan fingerprint density at radius 1 is 0.571 bits per heavy atom. The van der Waals surface area contributed by atoms with E-state index in [0.717, 1.165) is 16.8 Å². The highest BCUT2D eigenvalue weighted by Gasteiger charge is 2.19. The third-order valence-corrected chi connectivity index (χ3v) is 8.65. The topological polar surface area (TPSA) is 13.1 Å². The molecule has 0 amide bonds. The highest BCUT2D eigenvalue weighted by atomic mass is 16.3. The zero-order valence-electron chi connectivity index (χ0n) is 23.7. The van der Waals surface area contributed by atoms with E-state index in [-0.39, 0.29) is 0 Å². The molecule has 7 aromatic carbocycles. The largest absolute Gasteiger partial charge is 0.471 e. The molecule has 0 aliphatic rings. The van der Waals surface area contributed by atoms with Gasteiger partial charge in [0.1, 0.15) is 5.58 Å². The smallest absolute Gasteiger partial charge is 0.199 e. The number of fused-ring (bicyclic) bond motifs is 6. The van der Waals surface area contributed by atoms with Crippen LogP contribution in [-0.4, -0.2) is 7.28 Å². The maximum Gasteiger partial charge on any atom is 0.199 e. The van der Waals surface area contributed by atoms with E-state index in [2.05, 4.69) is 154 Å². The third kappa shape index (κ3) is 3.72. The second-order valence-electron chi connectivity index (χ2n) is 11.0. The Morgan fingerprint density at radius 2 is 1.12 bits per heavy atom. The number of hydrogen-bond acceptors (Lipinski definition) is 1. The Bertz CT molecular complexity index is 2290. The lowest BCUT2D eigenvalue weighted by atomic mass is 9.76. The second-order valence-corrected chi connectivity index (χ2v) is 11.0. The molecule has 0 saturated carbocycles. The van der Waals surface area contributed by atoms with Gasteiger partial charge in [0, 0.05) is 10.9 Å². The molecule has 1 heterocycles. The third-order valence-electron chi connectivity index (χ3n) is 8.65. The van der Waals surface area contributed by atoms with Crippen LogP contribution in [0.5, 0.6) is 0 Å². The minimum atomic E-state index is 0.904. The van der Waals surface area contributed by atoms with Crippen LogP contribution in [0.3, 0.4) is 0 Å². The van der Waals surface area contributed by atoms with Gasteiger partial charge in [-0.05, 0) is 84.4 Å². The van der Waals surface area contributed by atoms with E-state index in [4.69, 9.17) is 4.42 Å². The van der Waals surface area contributed by atoms with E-state index in [1.54, 1.807) is 0 Å². The lowest BCUT2D eigenvalue weighted by Gasteiger charge is -2.19. The number of allylic oxidation sites excluding steroid dienone is 1. The van der Waals surface area contributed by atoms with Gasteiger partial charge in [0.05, 0.1) is 5.66 Å². The molecule has 197 valence electrons. The molecule has 0 atom stereocenters. The molecule has 8 aromatic rings. The highest BCUT2D eigenvalue weighted by molar-refractivity contribution is 6.52. The zero-order chi connectivity index (χ0) is 28.2. The van der Waals surface area contributed by atoms with E-state index in [1.165, 1.54) is 70.7 Å². The van der Waals surface area contributed by atoms with Crippen molar-refractivity contribution < 1.29 is 4.42 Å². The molecule has 0 fully saturated rings. The van der Waals surface area contributed by atoms with Crippen molar-refractivity contribution >= 4 is 78.6 Å². The van der Waals surface area contributed by atoms with Crippen LogP contribution in [0.4, 0.5) is 0 Å². The molecule has 0 N–H and O–H groups in total. The summed E-state index contributed by atoms with van der Waals surface area (Å²) in [6.45, 7) is 4.30. The van der Waals surface area contributed by atoms with Crippen LogP contribution in [0.25, 0.3) is 76.8 Å². The summed E-state index contributed by atoms with van der Waals surface area (Å²) < 4.78 is 6.39. The first-order chi connectivity index (χ1) is 20.7. The van der Waals surface area contributed by atoms with Crippen molar-refractivity contribution in [3.05, 3.63) is 139 Å². The Hall–Kier alpha value is -5.08. The van der Waals surface area contributed by atoms with Crippen molar-refractivity contribution in [2.24, 2.45) is 0 Å². The summed E-state index contributed by atoms with van der Waals surface area (Å²) in [6, 6.07) is 45.9. The first kappa shape index (κ1) is 24.7. The van der Waals surface area contributed by atoms with Crippen molar-refractivity contribution in [1.82, 2.24) is 0 Å². The van der Waals surface area contributed by atoms with Crippen LogP contribution >= 0.6 is 0 Å². The van der Waals surface area contributed by atoms with Crippen LogP contribution in [0.1, 0.15) is 18.1 Å². The summed E-state index contributed by atoms with van der Waals surface area (Å²) in [5.41, 5.74) is 7.99. The van der Waals surface area contributed by atoms with E-state index in [9.17, 15) is 0 Å². The molecule has 2 heteroatoms. The number of benzene rings is 7. The normalized spacial score (nSPS) is 12.2. The molecule has 0 spiro atoms. The highest BCUT2D eigenvalue weighted by Crippen LogP contribution is 2.44. The molecule has 0 unspecified atom stereocenters. The fraction of sp³-hybridized carbons (Fsp3) is 0.0500. The van der Waals surface area contributed by atoms with Crippen molar-refractivity contribution in [2.75, 3.05) is 0 Å². The van der Waals surface area contributed by atoms with Crippen LogP contribution in [0.15, 0.2) is 132 Å². The van der Waals surface area contributed by atoms with Gasteiger partial charge in [-0.15, -0.1) is 0 Å². The van der Waals surface area contributed by atoms with Crippen molar-refractivity contribution in [3.8, 4) is 11.1 Å².